The molecule has 1 saturated heterocycles. The van der Waals surface area contributed by atoms with Crippen molar-refractivity contribution in [2.24, 2.45) is 11.8 Å². The molecule has 2 atom stereocenters. The van der Waals surface area contributed by atoms with Gasteiger partial charge in [-0.3, -0.25) is 0 Å². The van der Waals surface area contributed by atoms with Gasteiger partial charge in [-0.15, -0.1) is 0 Å². The summed E-state index contributed by atoms with van der Waals surface area (Å²) in [5.41, 5.74) is 0. The lowest BCUT2D eigenvalue weighted by Gasteiger charge is -2.34. The molecule has 0 bridgehead atoms. The Balaban J connectivity index is 1.63. The highest BCUT2D eigenvalue weighted by atomic mass is 16.5. The molecule has 0 spiro atoms. The Labute approximate surface area is 126 Å². The molecule has 0 aromatic carbocycles. The van der Waals surface area contributed by atoms with E-state index in [2.05, 4.69) is 19.3 Å². The fraction of sp³-hybridized carbons (Fsp3) is 1.00. The van der Waals surface area contributed by atoms with Crippen molar-refractivity contribution in [1.29, 1.82) is 0 Å². The first-order valence-electron chi connectivity index (χ1n) is 9.12. The normalized spacial score (nSPS) is 32.4. The van der Waals surface area contributed by atoms with Crippen molar-refractivity contribution in [2.45, 2.75) is 89.7 Å². The molecule has 0 radical (unpaired) electrons. The van der Waals surface area contributed by atoms with Gasteiger partial charge in [-0.1, -0.05) is 32.6 Å². The Kier molecular flexibility index (Phi) is 7.37. The third-order valence-corrected chi connectivity index (χ3v) is 5.59. The summed E-state index contributed by atoms with van der Waals surface area (Å²) in [6.45, 7) is 3.33. The molecule has 0 amide bonds. The molecule has 1 saturated carbocycles. The van der Waals surface area contributed by atoms with Gasteiger partial charge in [0.05, 0.1) is 6.10 Å². The molecule has 2 fully saturated rings. The van der Waals surface area contributed by atoms with Crippen LogP contribution < -0.4 is 5.32 Å². The Morgan fingerprint density at radius 2 is 1.90 bits per heavy atom. The molecule has 1 N–H and O–H groups in total. The van der Waals surface area contributed by atoms with E-state index in [9.17, 15) is 0 Å². The highest BCUT2D eigenvalue weighted by molar-refractivity contribution is 4.81. The molecule has 1 aliphatic heterocycles. The van der Waals surface area contributed by atoms with Crippen LogP contribution in [0.2, 0.25) is 0 Å². The minimum absolute atomic E-state index is 0.577. The van der Waals surface area contributed by atoms with Crippen molar-refractivity contribution < 1.29 is 4.74 Å². The van der Waals surface area contributed by atoms with Crippen molar-refractivity contribution in [1.82, 2.24) is 5.32 Å². The smallest absolute Gasteiger partial charge is 0.0576 e. The third kappa shape index (κ3) is 5.04. The van der Waals surface area contributed by atoms with E-state index in [1.54, 1.807) is 0 Å². The Morgan fingerprint density at radius 1 is 1.10 bits per heavy atom. The summed E-state index contributed by atoms with van der Waals surface area (Å²) in [6, 6.07) is 0.749. The van der Waals surface area contributed by atoms with Gasteiger partial charge < -0.3 is 10.1 Å². The van der Waals surface area contributed by atoms with Gasteiger partial charge in [0.25, 0.3) is 0 Å². The SMILES string of the molecule is CCCC1CCC(C(CCCC2CCCO2)NC)CC1. The van der Waals surface area contributed by atoms with Gasteiger partial charge in [-0.2, -0.15) is 0 Å². The van der Waals surface area contributed by atoms with E-state index in [0.717, 1.165) is 24.5 Å². The Bertz CT molecular complexity index is 242. The van der Waals surface area contributed by atoms with Crippen molar-refractivity contribution >= 4 is 0 Å². The molecule has 118 valence electrons. The van der Waals surface area contributed by atoms with E-state index in [0.29, 0.717) is 6.10 Å². The maximum atomic E-state index is 5.73. The maximum Gasteiger partial charge on any atom is 0.0576 e. The molecule has 2 rings (SSSR count). The number of hydrogen-bond acceptors (Lipinski definition) is 2. The van der Waals surface area contributed by atoms with E-state index >= 15 is 0 Å². The lowest BCUT2D eigenvalue weighted by molar-refractivity contribution is 0.0996. The first kappa shape index (κ1) is 16.3. The zero-order chi connectivity index (χ0) is 14.2. The highest BCUT2D eigenvalue weighted by Gasteiger charge is 2.26. The zero-order valence-corrected chi connectivity index (χ0v) is 13.7. The highest BCUT2D eigenvalue weighted by Crippen LogP contribution is 2.34. The second-order valence-corrected chi connectivity index (χ2v) is 7.03. The first-order chi connectivity index (χ1) is 9.83. The van der Waals surface area contributed by atoms with E-state index in [1.165, 1.54) is 70.6 Å². The standard InChI is InChI=1S/C18H35NO/c1-3-6-15-10-12-16(13-11-15)18(19-2)9-4-7-17-8-5-14-20-17/h15-19H,3-14H2,1-2H3. The van der Waals surface area contributed by atoms with Crippen LogP contribution >= 0.6 is 0 Å². The van der Waals surface area contributed by atoms with Crippen molar-refractivity contribution in [3.05, 3.63) is 0 Å². The van der Waals surface area contributed by atoms with Crippen molar-refractivity contribution in [3.63, 3.8) is 0 Å². The number of nitrogens with one attached hydrogen (secondary N) is 1. The van der Waals surface area contributed by atoms with Crippen LogP contribution in [0.5, 0.6) is 0 Å². The first-order valence-corrected chi connectivity index (χ1v) is 9.12. The molecular formula is C18H35NO. The molecule has 1 heterocycles. The average molecular weight is 281 g/mol. The Morgan fingerprint density at radius 3 is 2.50 bits per heavy atom. The topological polar surface area (TPSA) is 21.3 Å². The summed E-state index contributed by atoms with van der Waals surface area (Å²) in [4.78, 5) is 0. The summed E-state index contributed by atoms with van der Waals surface area (Å²) in [7, 11) is 2.16. The van der Waals surface area contributed by atoms with Gasteiger partial charge in [0.2, 0.25) is 0 Å². The quantitative estimate of drug-likeness (QED) is 0.706. The fourth-order valence-corrected chi connectivity index (χ4v) is 4.34. The van der Waals surface area contributed by atoms with E-state index in [-0.39, 0.29) is 0 Å². The molecule has 1 aliphatic carbocycles. The summed E-state index contributed by atoms with van der Waals surface area (Å²) < 4.78 is 5.73. The zero-order valence-electron chi connectivity index (χ0n) is 13.7. The second kappa shape index (κ2) is 9.04. The van der Waals surface area contributed by atoms with Crippen LogP contribution in [0, 0.1) is 11.8 Å². The van der Waals surface area contributed by atoms with E-state index in [4.69, 9.17) is 4.74 Å². The molecule has 2 heteroatoms. The average Bonchev–Trinajstić information content (AvgIpc) is 2.98. The molecule has 0 aromatic rings. The summed E-state index contributed by atoms with van der Waals surface area (Å²) in [5, 5.41) is 3.60. The van der Waals surface area contributed by atoms with E-state index in [1.807, 2.05) is 0 Å². The number of ether oxygens (including phenoxy) is 1. The molecule has 2 unspecified atom stereocenters. The minimum Gasteiger partial charge on any atom is -0.378 e. The van der Waals surface area contributed by atoms with Crippen LogP contribution in [-0.4, -0.2) is 25.8 Å². The molecular weight excluding hydrogens is 246 g/mol. The monoisotopic (exact) mass is 281 g/mol. The largest absolute Gasteiger partial charge is 0.378 e. The molecule has 2 nitrogen and oxygen atoms in total. The van der Waals surface area contributed by atoms with E-state index < -0.39 is 0 Å². The van der Waals surface area contributed by atoms with Crippen LogP contribution in [0.15, 0.2) is 0 Å². The van der Waals surface area contributed by atoms with Crippen LogP contribution in [-0.2, 0) is 4.74 Å². The van der Waals surface area contributed by atoms with Gasteiger partial charge in [-0.05, 0) is 63.8 Å². The third-order valence-electron chi connectivity index (χ3n) is 5.59. The van der Waals surface area contributed by atoms with Gasteiger partial charge in [0, 0.05) is 12.6 Å². The van der Waals surface area contributed by atoms with Crippen LogP contribution in [0.3, 0.4) is 0 Å². The Hall–Kier alpha value is -0.0800. The second-order valence-electron chi connectivity index (χ2n) is 7.03. The fourth-order valence-electron chi connectivity index (χ4n) is 4.34. The van der Waals surface area contributed by atoms with Gasteiger partial charge in [-0.25, -0.2) is 0 Å². The lowest BCUT2D eigenvalue weighted by atomic mass is 9.76. The summed E-state index contributed by atoms with van der Waals surface area (Å²) in [5.74, 6) is 1.96. The van der Waals surface area contributed by atoms with Crippen LogP contribution in [0.4, 0.5) is 0 Å². The predicted octanol–water partition coefficient (Wildman–Crippen LogP) is 4.53. The maximum absolute atomic E-state index is 5.73. The molecule has 20 heavy (non-hydrogen) atoms. The molecule has 2 aliphatic rings. The van der Waals surface area contributed by atoms with Gasteiger partial charge in [0.15, 0.2) is 0 Å². The minimum atomic E-state index is 0.577. The van der Waals surface area contributed by atoms with Gasteiger partial charge in [0.1, 0.15) is 0 Å². The van der Waals surface area contributed by atoms with Crippen LogP contribution in [0.1, 0.15) is 77.6 Å². The van der Waals surface area contributed by atoms with Crippen molar-refractivity contribution in [3.8, 4) is 0 Å². The predicted molar refractivity (Wildman–Crippen MR) is 86.0 cm³/mol. The molecule has 0 aromatic heterocycles. The lowest BCUT2D eigenvalue weighted by Crippen LogP contribution is -2.36. The summed E-state index contributed by atoms with van der Waals surface area (Å²) in [6.07, 6.45) is 15.8. The van der Waals surface area contributed by atoms with Crippen molar-refractivity contribution in [2.75, 3.05) is 13.7 Å². The number of rotatable bonds is 8. The number of hydrogen-bond donors (Lipinski definition) is 1. The van der Waals surface area contributed by atoms with Crippen LogP contribution in [0.25, 0.3) is 0 Å². The summed E-state index contributed by atoms with van der Waals surface area (Å²) >= 11 is 0. The van der Waals surface area contributed by atoms with Gasteiger partial charge >= 0.3 is 0 Å².